The first-order valence-corrected chi connectivity index (χ1v) is 10.1. The van der Waals surface area contributed by atoms with Gasteiger partial charge in [-0.3, -0.25) is 14.7 Å². The smallest absolute Gasteiger partial charge is 0.244 e. The van der Waals surface area contributed by atoms with Crippen molar-refractivity contribution in [1.29, 1.82) is 0 Å². The number of hydrogen-bond acceptors (Lipinski definition) is 5. The van der Waals surface area contributed by atoms with Crippen LogP contribution in [0.1, 0.15) is 5.69 Å². The highest BCUT2D eigenvalue weighted by Gasteiger charge is 2.21. The van der Waals surface area contributed by atoms with Crippen molar-refractivity contribution in [1.82, 2.24) is 14.2 Å². The minimum absolute atomic E-state index is 0.0459. The number of anilines is 1. The molecule has 2 rings (SSSR count). The Bertz CT molecular complexity index is 889. The molecule has 0 unspecified atom stereocenters. The lowest BCUT2D eigenvalue weighted by molar-refractivity contribution is -0.117. The standard InChI is InChI=1S/C18H23ClN4O3S/c1-22(2)27(25,26)17-12-15(7-8-16(17)19)21-18(24)13-23(3)11-9-14-6-4-5-10-20-14/h4-8,10,12H,9,11,13H2,1-3H3,(H,21,24). The molecule has 0 saturated heterocycles. The van der Waals surface area contributed by atoms with E-state index in [-0.39, 0.29) is 22.4 Å². The molecule has 1 amide bonds. The number of nitrogens with zero attached hydrogens (tertiary/aromatic N) is 3. The van der Waals surface area contributed by atoms with Crippen LogP contribution < -0.4 is 5.32 Å². The number of nitrogens with one attached hydrogen (secondary N) is 1. The number of hydrogen-bond donors (Lipinski definition) is 1. The molecule has 2 aromatic rings. The van der Waals surface area contributed by atoms with Gasteiger partial charge in [-0.1, -0.05) is 17.7 Å². The predicted molar refractivity (Wildman–Crippen MR) is 106 cm³/mol. The number of pyridine rings is 1. The quantitative estimate of drug-likeness (QED) is 0.720. The van der Waals surface area contributed by atoms with Crippen molar-refractivity contribution < 1.29 is 13.2 Å². The lowest BCUT2D eigenvalue weighted by Crippen LogP contribution is -2.31. The topological polar surface area (TPSA) is 82.6 Å². The Kier molecular flexibility index (Phi) is 7.32. The molecule has 27 heavy (non-hydrogen) atoms. The van der Waals surface area contributed by atoms with Crippen molar-refractivity contribution >= 4 is 33.2 Å². The second-order valence-electron chi connectivity index (χ2n) is 6.29. The van der Waals surface area contributed by atoms with Gasteiger partial charge >= 0.3 is 0 Å². The Morgan fingerprint density at radius 1 is 1.19 bits per heavy atom. The molecule has 1 N–H and O–H groups in total. The van der Waals surface area contributed by atoms with Crippen LogP contribution in [-0.2, 0) is 21.2 Å². The van der Waals surface area contributed by atoms with Crippen molar-refractivity contribution in [3.8, 4) is 0 Å². The number of likely N-dealkylation sites (N-methyl/N-ethyl adjacent to an activating group) is 1. The molecule has 9 heteroatoms. The van der Waals surface area contributed by atoms with Gasteiger partial charge in [0.1, 0.15) is 4.90 Å². The van der Waals surface area contributed by atoms with E-state index in [2.05, 4.69) is 10.3 Å². The van der Waals surface area contributed by atoms with E-state index < -0.39 is 10.0 Å². The van der Waals surface area contributed by atoms with Gasteiger partial charge in [-0.05, 0) is 37.4 Å². The van der Waals surface area contributed by atoms with Gasteiger partial charge in [0.25, 0.3) is 0 Å². The lowest BCUT2D eigenvalue weighted by atomic mass is 10.2. The number of carbonyl (C=O) groups excluding carboxylic acids is 1. The molecule has 1 aromatic heterocycles. The van der Waals surface area contributed by atoms with E-state index in [4.69, 9.17) is 11.6 Å². The van der Waals surface area contributed by atoms with Crippen LogP contribution in [0.2, 0.25) is 5.02 Å². The Hall–Kier alpha value is -2.00. The zero-order chi connectivity index (χ0) is 20.0. The summed E-state index contributed by atoms with van der Waals surface area (Å²) in [6.07, 6.45) is 2.47. The number of sulfonamides is 1. The summed E-state index contributed by atoms with van der Waals surface area (Å²) in [4.78, 5) is 18.3. The summed E-state index contributed by atoms with van der Waals surface area (Å²) in [5.74, 6) is -0.242. The van der Waals surface area contributed by atoms with Crippen LogP contribution in [0.3, 0.4) is 0 Å². The average molecular weight is 411 g/mol. The highest BCUT2D eigenvalue weighted by atomic mass is 35.5. The number of halogens is 1. The molecule has 1 aromatic carbocycles. The van der Waals surface area contributed by atoms with Crippen LogP contribution in [0, 0.1) is 0 Å². The average Bonchev–Trinajstić information content (AvgIpc) is 2.62. The molecular formula is C18H23ClN4O3S. The maximum absolute atomic E-state index is 12.3. The van der Waals surface area contributed by atoms with Crippen LogP contribution in [0.5, 0.6) is 0 Å². The fraction of sp³-hybridized carbons (Fsp3) is 0.333. The minimum Gasteiger partial charge on any atom is -0.325 e. The fourth-order valence-electron chi connectivity index (χ4n) is 2.35. The van der Waals surface area contributed by atoms with Gasteiger partial charge < -0.3 is 5.32 Å². The molecule has 0 radical (unpaired) electrons. The molecule has 0 aliphatic heterocycles. The Morgan fingerprint density at radius 3 is 2.56 bits per heavy atom. The minimum atomic E-state index is -3.70. The summed E-state index contributed by atoms with van der Waals surface area (Å²) >= 11 is 6.01. The molecule has 0 fully saturated rings. The van der Waals surface area contributed by atoms with Crippen LogP contribution in [0.4, 0.5) is 5.69 Å². The number of benzene rings is 1. The van der Waals surface area contributed by atoms with Gasteiger partial charge in [0, 0.05) is 44.6 Å². The van der Waals surface area contributed by atoms with Crippen molar-refractivity contribution in [3.63, 3.8) is 0 Å². The van der Waals surface area contributed by atoms with E-state index in [1.807, 2.05) is 30.1 Å². The van der Waals surface area contributed by atoms with Crippen LogP contribution in [-0.4, -0.2) is 62.7 Å². The highest BCUT2D eigenvalue weighted by Crippen LogP contribution is 2.26. The van der Waals surface area contributed by atoms with E-state index >= 15 is 0 Å². The van der Waals surface area contributed by atoms with Gasteiger partial charge in [-0.15, -0.1) is 0 Å². The molecule has 1 heterocycles. The van der Waals surface area contributed by atoms with Gasteiger partial charge in [-0.2, -0.15) is 0 Å². The molecule has 0 saturated carbocycles. The molecular weight excluding hydrogens is 388 g/mol. The third kappa shape index (κ3) is 6.00. The summed E-state index contributed by atoms with van der Waals surface area (Å²) in [5, 5.41) is 2.82. The second kappa shape index (κ2) is 9.27. The van der Waals surface area contributed by atoms with Crippen LogP contribution >= 0.6 is 11.6 Å². The molecule has 0 spiro atoms. The third-order valence-corrected chi connectivity index (χ3v) is 6.16. The summed E-state index contributed by atoms with van der Waals surface area (Å²) in [6.45, 7) is 0.844. The van der Waals surface area contributed by atoms with Gasteiger partial charge in [0.05, 0.1) is 11.6 Å². The summed E-state index contributed by atoms with van der Waals surface area (Å²) in [5.41, 5.74) is 1.34. The second-order valence-corrected chi connectivity index (χ2v) is 8.82. The van der Waals surface area contributed by atoms with Crippen LogP contribution in [0.15, 0.2) is 47.5 Å². The highest BCUT2D eigenvalue weighted by molar-refractivity contribution is 7.89. The summed E-state index contributed by atoms with van der Waals surface area (Å²) < 4.78 is 25.7. The van der Waals surface area contributed by atoms with E-state index in [9.17, 15) is 13.2 Å². The Morgan fingerprint density at radius 2 is 1.93 bits per heavy atom. The van der Waals surface area contributed by atoms with Crippen molar-refractivity contribution in [2.24, 2.45) is 0 Å². The van der Waals surface area contributed by atoms with Crippen molar-refractivity contribution in [2.45, 2.75) is 11.3 Å². The molecule has 0 aliphatic carbocycles. The molecule has 0 atom stereocenters. The Labute approximate surface area is 165 Å². The summed E-state index contributed by atoms with van der Waals surface area (Å²) in [6, 6.07) is 10.1. The van der Waals surface area contributed by atoms with E-state index in [0.29, 0.717) is 12.2 Å². The first-order chi connectivity index (χ1) is 12.7. The normalized spacial score (nSPS) is 11.8. The maximum Gasteiger partial charge on any atom is 0.244 e. The maximum atomic E-state index is 12.3. The monoisotopic (exact) mass is 410 g/mol. The lowest BCUT2D eigenvalue weighted by Gasteiger charge is -2.17. The molecule has 0 aliphatic rings. The van der Waals surface area contributed by atoms with E-state index in [1.165, 1.54) is 26.2 Å². The molecule has 7 nitrogen and oxygen atoms in total. The zero-order valence-electron chi connectivity index (χ0n) is 15.5. The number of aromatic nitrogens is 1. The van der Waals surface area contributed by atoms with Crippen molar-refractivity contribution in [3.05, 3.63) is 53.3 Å². The first-order valence-electron chi connectivity index (χ1n) is 8.30. The first kappa shape index (κ1) is 21.3. The van der Waals surface area contributed by atoms with Gasteiger partial charge in [0.2, 0.25) is 15.9 Å². The predicted octanol–water partition coefficient (Wildman–Crippen LogP) is 2.10. The SMILES string of the molecule is CN(CCc1ccccn1)CC(=O)Nc1ccc(Cl)c(S(=O)(=O)N(C)C)c1. The summed E-state index contributed by atoms with van der Waals surface area (Å²) in [7, 11) is 0.992. The Balaban J connectivity index is 1.97. The van der Waals surface area contributed by atoms with Crippen LogP contribution in [0.25, 0.3) is 0 Å². The zero-order valence-corrected chi connectivity index (χ0v) is 17.1. The number of amides is 1. The van der Waals surface area contributed by atoms with Crippen molar-refractivity contribution in [2.75, 3.05) is 39.5 Å². The number of rotatable bonds is 8. The van der Waals surface area contributed by atoms with Gasteiger partial charge in [0.15, 0.2) is 0 Å². The van der Waals surface area contributed by atoms with Gasteiger partial charge in [-0.25, -0.2) is 12.7 Å². The fourth-order valence-corrected chi connectivity index (χ4v) is 3.75. The molecule has 0 bridgehead atoms. The van der Waals surface area contributed by atoms with E-state index in [1.54, 1.807) is 12.3 Å². The number of carbonyl (C=O) groups is 1. The third-order valence-electron chi connectivity index (χ3n) is 3.86. The largest absolute Gasteiger partial charge is 0.325 e. The molecule has 146 valence electrons. The van der Waals surface area contributed by atoms with E-state index in [0.717, 1.165) is 16.4 Å².